The zero-order chi connectivity index (χ0) is 31.6. The summed E-state index contributed by atoms with van der Waals surface area (Å²) in [5.74, 6) is -1.86. The molecule has 1 amide bonds. The minimum absolute atomic E-state index is 0.0426. The summed E-state index contributed by atoms with van der Waals surface area (Å²) < 4.78 is 65.4. The van der Waals surface area contributed by atoms with E-state index in [-0.39, 0.29) is 29.4 Å². The fraction of sp³-hybridized carbons (Fsp3) is 0.333. The Hall–Kier alpha value is -4.72. The van der Waals surface area contributed by atoms with Crippen molar-refractivity contribution >= 4 is 21.7 Å². The molecule has 232 valence electrons. The first kappa shape index (κ1) is 30.7. The van der Waals surface area contributed by atoms with Gasteiger partial charge in [0, 0.05) is 48.7 Å². The number of aromatic nitrogens is 4. The number of carbonyl (C=O) groups is 1. The van der Waals surface area contributed by atoms with Gasteiger partial charge in [0.1, 0.15) is 29.7 Å². The highest BCUT2D eigenvalue weighted by Gasteiger charge is 2.40. The van der Waals surface area contributed by atoms with Crippen LogP contribution in [0.5, 0.6) is 17.2 Å². The number of sulfonamides is 1. The number of aryl methyl sites for hydroxylation is 2. The summed E-state index contributed by atoms with van der Waals surface area (Å²) in [4.78, 5) is 20.0. The molecule has 4 aromatic rings. The van der Waals surface area contributed by atoms with E-state index in [4.69, 9.17) is 19.9 Å². The van der Waals surface area contributed by atoms with Crippen molar-refractivity contribution in [3.63, 3.8) is 0 Å². The van der Waals surface area contributed by atoms with E-state index in [1.54, 1.807) is 36.1 Å². The van der Waals surface area contributed by atoms with Gasteiger partial charge in [-0.3, -0.25) is 9.48 Å². The molecule has 2 aromatic carbocycles. The molecule has 44 heavy (non-hydrogen) atoms. The molecule has 5 rings (SSSR count). The molecule has 0 spiro atoms. The molecule has 14 heteroatoms. The number of hydrogen-bond acceptors (Lipinski definition) is 9. The first-order valence-corrected chi connectivity index (χ1v) is 15.3. The van der Waals surface area contributed by atoms with Crippen LogP contribution in [0.1, 0.15) is 52.4 Å². The number of halogens is 1. The van der Waals surface area contributed by atoms with Gasteiger partial charge >= 0.3 is 0 Å². The lowest BCUT2D eigenvalue weighted by Gasteiger charge is -2.28. The summed E-state index contributed by atoms with van der Waals surface area (Å²) in [6.45, 7) is 1.05. The molecular weight excluding hydrogens is 591 g/mol. The van der Waals surface area contributed by atoms with Crippen molar-refractivity contribution in [2.45, 2.75) is 49.6 Å². The number of anilines is 1. The van der Waals surface area contributed by atoms with Gasteiger partial charge in [0.15, 0.2) is 16.5 Å². The minimum atomic E-state index is -4.82. The standard InChI is InChI=1S/C30H33FN6O6S/c1-18-14-22(30(32)38)28(43-24-7-5-6-21(24)23-10-13-35-36(23)2)29(27(18)31)44(39,40)37(26-11-12-33-17-34-26)16-19-8-9-20(41-3)15-25(19)42-4/h8-15,17,21,24H,5-7,16H2,1-4H3,(H2,32,38)/t21-,24+/m1/s1. The maximum absolute atomic E-state index is 16.2. The summed E-state index contributed by atoms with van der Waals surface area (Å²) in [5.41, 5.74) is 6.71. The third-order valence-electron chi connectivity index (χ3n) is 7.76. The number of hydrogen-bond donors (Lipinski definition) is 1. The zero-order valence-electron chi connectivity index (χ0n) is 24.7. The van der Waals surface area contributed by atoms with Gasteiger partial charge in [-0.1, -0.05) is 0 Å². The van der Waals surface area contributed by atoms with E-state index in [1.165, 1.54) is 45.8 Å². The molecule has 2 aromatic heterocycles. The van der Waals surface area contributed by atoms with Crippen molar-refractivity contribution in [3.8, 4) is 17.2 Å². The van der Waals surface area contributed by atoms with E-state index in [2.05, 4.69) is 15.1 Å². The summed E-state index contributed by atoms with van der Waals surface area (Å²) in [7, 11) is -0.0918. The average Bonchev–Trinajstić information content (AvgIpc) is 3.65. The molecule has 1 fully saturated rings. The lowest BCUT2D eigenvalue weighted by atomic mass is 10.0. The van der Waals surface area contributed by atoms with Gasteiger partial charge < -0.3 is 19.9 Å². The first-order valence-electron chi connectivity index (χ1n) is 13.8. The quantitative estimate of drug-likeness (QED) is 0.262. The predicted molar refractivity (Wildman–Crippen MR) is 159 cm³/mol. The third-order valence-corrected chi connectivity index (χ3v) is 9.54. The monoisotopic (exact) mass is 624 g/mol. The predicted octanol–water partition coefficient (Wildman–Crippen LogP) is 3.88. The van der Waals surface area contributed by atoms with Gasteiger partial charge in [0.25, 0.3) is 15.9 Å². The summed E-state index contributed by atoms with van der Waals surface area (Å²) in [6, 6.07) is 9.33. The lowest BCUT2D eigenvalue weighted by molar-refractivity contribution is 0.0990. The number of nitrogens with zero attached hydrogens (tertiary/aromatic N) is 5. The van der Waals surface area contributed by atoms with Gasteiger partial charge in [0.2, 0.25) is 0 Å². The molecule has 0 aliphatic heterocycles. The topological polar surface area (TPSA) is 152 Å². The van der Waals surface area contributed by atoms with Crippen molar-refractivity contribution in [2.24, 2.45) is 12.8 Å². The van der Waals surface area contributed by atoms with Gasteiger partial charge in [-0.2, -0.15) is 5.10 Å². The number of rotatable bonds is 11. The Morgan fingerprint density at radius 2 is 1.93 bits per heavy atom. The van der Waals surface area contributed by atoms with Crippen molar-refractivity contribution in [1.82, 2.24) is 19.7 Å². The maximum Gasteiger partial charge on any atom is 0.272 e. The van der Waals surface area contributed by atoms with Crippen LogP contribution in [-0.4, -0.2) is 54.4 Å². The third kappa shape index (κ3) is 5.76. The molecule has 1 aliphatic rings. The Bertz CT molecular complexity index is 1780. The van der Waals surface area contributed by atoms with Crippen LogP contribution >= 0.6 is 0 Å². The van der Waals surface area contributed by atoms with Crippen molar-refractivity contribution in [3.05, 3.63) is 83.3 Å². The van der Waals surface area contributed by atoms with Crippen LogP contribution in [0.25, 0.3) is 0 Å². The van der Waals surface area contributed by atoms with Gasteiger partial charge in [-0.05, 0) is 56.0 Å². The van der Waals surface area contributed by atoms with Crippen molar-refractivity contribution < 1.29 is 31.8 Å². The van der Waals surface area contributed by atoms with Crippen LogP contribution in [0.3, 0.4) is 0 Å². The number of carbonyl (C=O) groups excluding carboxylic acids is 1. The van der Waals surface area contributed by atoms with Gasteiger partial charge in [-0.15, -0.1) is 0 Å². The van der Waals surface area contributed by atoms with E-state index in [1.807, 2.05) is 6.07 Å². The molecule has 0 saturated heterocycles. The Kier molecular flexibility index (Phi) is 8.72. The summed E-state index contributed by atoms with van der Waals surface area (Å²) >= 11 is 0. The summed E-state index contributed by atoms with van der Waals surface area (Å²) in [5, 5.41) is 4.25. The molecule has 2 atom stereocenters. The number of primary amides is 1. The van der Waals surface area contributed by atoms with Crippen LogP contribution in [0.2, 0.25) is 0 Å². The minimum Gasteiger partial charge on any atom is -0.497 e. The molecule has 0 bridgehead atoms. The molecule has 12 nitrogen and oxygen atoms in total. The average molecular weight is 625 g/mol. The van der Waals surface area contributed by atoms with Crippen LogP contribution in [0.4, 0.5) is 10.2 Å². The van der Waals surface area contributed by atoms with Crippen molar-refractivity contribution in [1.29, 1.82) is 0 Å². The Labute approximate surface area is 254 Å². The highest BCUT2D eigenvalue weighted by Crippen LogP contribution is 2.42. The van der Waals surface area contributed by atoms with Crippen molar-refractivity contribution in [2.75, 3.05) is 18.5 Å². The lowest BCUT2D eigenvalue weighted by Crippen LogP contribution is -2.34. The van der Waals surface area contributed by atoms with E-state index >= 15 is 4.39 Å². The number of nitrogens with two attached hydrogens (primary N) is 1. The second kappa shape index (κ2) is 12.5. The molecule has 2 heterocycles. The second-order valence-electron chi connectivity index (χ2n) is 10.4. The highest BCUT2D eigenvalue weighted by atomic mass is 32.2. The fourth-order valence-electron chi connectivity index (χ4n) is 5.55. The van der Waals surface area contributed by atoms with E-state index < -0.39 is 38.5 Å². The number of amides is 1. The molecule has 0 radical (unpaired) electrons. The number of benzene rings is 2. The SMILES string of the molecule is COc1ccc(CN(c2ccncn2)S(=O)(=O)c2c(F)c(C)cc(C(N)=O)c2O[C@H]2CCC[C@@H]2c2ccnn2C)c(OC)c1. The van der Waals surface area contributed by atoms with E-state index in [0.29, 0.717) is 23.5 Å². The molecule has 1 aliphatic carbocycles. The first-order chi connectivity index (χ1) is 21.1. The summed E-state index contributed by atoms with van der Waals surface area (Å²) in [6.07, 6.45) is 5.68. The Balaban J connectivity index is 1.68. The van der Waals surface area contributed by atoms with E-state index in [9.17, 15) is 13.2 Å². The number of ether oxygens (including phenoxy) is 3. The Morgan fingerprint density at radius 3 is 2.57 bits per heavy atom. The largest absolute Gasteiger partial charge is 0.497 e. The maximum atomic E-state index is 16.2. The number of methoxy groups -OCH3 is 2. The fourth-order valence-corrected chi connectivity index (χ4v) is 7.21. The van der Waals surface area contributed by atoms with Crippen LogP contribution in [0.15, 0.2) is 60.0 Å². The molecular formula is C30H33FN6O6S. The molecule has 0 unspecified atom stereocenters. The zero-order valence-corrected chi connectivity index (χ0v) is 25.5. The normalized spacial score (nSPS) is 16.5. The van der Waals surface area contributed by atoms with Crippen LogP contribution in [0, 0.1) is 12.7 Å². The second-order valence-corrected chi connectivity index (χ2v) is 12.2. The molecule has 1 saturated carbocycles. The smallest absolute Gasteiger partial charge is 0.272 e. The van der Waals surface area contributed by atoms with Gasteiger partial charge in [-0.25, -0.2) is 27.1 Å². The Morgan fingerprint density at radius 1 is 1.14 bits per heavy atom. The van der Waals surface area contributed by atoms with Gasteiger partial charge in [0.05, 0.1) is 26.3 Å². The highest BCUT2D eigenvalue weighted by molar-refractivity contribution is 7.93. The molecule has 2 N–H and O–H groups in total. The van der Waals surface area contributed by atoms with Crippen LogP contribution < -0.4 is 24.2 Å². The van der Waals surface area contributed by atoms with E-state index in [0.717, 1.165) is 22.8 Å². The van der Waals surface area contributed by atoms with Crippen LogP contribution in [-0.2, 0) is 23.6 Å².